The molecule has 7 heteroatoms. The molecule has 2 rings (SSSR count). The lowest BCUT2D eigenvalue weighted by Crippen LogP contribution is -2.46. The van der Waals surface area contributed by atoms with Gasteiger partial charge in [0.15, 0.2) is 0 Å². The van der Waals surface area contributed by atoms with Gasteiger partial charge in [-0.1, -0.05) is 6.92 Å². The lowest BCUT2D eigenvalue weighted by Gasteiger charge is -2.33. The Balaban J connectivity index is 1.80. The monoisotopic (exact) mass is 312 g/mol. The number of hydrogen-bond donors (Lipinski definition) is 1. The molecule has 1 aromatic heterocycles. The average Bonchev–Trinajstić information content (AvgIpc) is 2.49. The summed E-state index contributed by atoms with van der Waals surface area (Å²) in [5.74, 6) is 0.278. The van der Waals surface area contributed by atoms with Crippen molar-refractivity contribution in [3.05, 3.63) is 24.5 Å². The Labute approximate surface area is 127 Å². The minimum atomic E-state index is -3.44. The number of pyridine rings is 1. The van der Waals surface area contributed by atoms with E-state index in [9.17, 15) is 8.42 Å². The number of aromatic nitrogens is 1. The van der Waals surface area contributed by atoms with Crippen LogP contribution in [0.5, 0.6) is 0 Å². The van der Waals surface area contributed by atoms with Gasteiger partial charge in [0.05, 0.1) is 0 Å². The minimum Gasteiger partial charge on any atom is -0.304 e. The molecule has 6 nitrogen and oxygen atoms in total. The number of rotatable bonds is 6. The van der Waals surface area contributed by atoms with Crippen LogP contribution in [-0.2, 0) is 10.0 Å². The zero-order chi connectivity index (χ0) is 15.3. The first-order valence-electron chi connectivity index (χ1n) is 7.28. The molecule has 0 bridgehead atoms. The fraction of sp³-hybridized carbons (Fsp3) is 0.643. The van der Waals surface area contributed by atoms with Crippen LogP contribution in [0.3, 0.4) is 0 Å². The van der Waals surface area contributed by atoms with Crippen LogP contribution < -0.4 is 4.72 Å². The van der Waals surface area contributed by atoms with E-state index in [2.05, 4.69) is 33.5 Å². The van der Waals surface area contributed by atoms with Crippen LogP contribution in [0.15, 0.2) is 29.4 Å². The highest BCUT2D eigenvalue weighted by Crippen LogP contribution is 2.08. The highest BCUT2D eigenvalue weighted by Gasteiger charge is 2.18. The van der Waals surface area contributed by atoms with E-state index < -0.39 is 10.0 Å². The van der Waals surface area contributed by atoms with Crippen molar-refractivity contribution in [2.45, 2.75) is 11.8 Å². The Morgan fingerprint density at radius 3 is 2.67 bits per heavy atom. The van der Waals surface area contributed by atoms with Crippen LogP contribution in [-0.4, -0.2) is 69.5 Å². The van der Waals surface area contributed by atoms with Crippen LogP contribution in [0.25, 0.3) is 0 Å². The molecule has 1 aromatic rings. The van der Waals surface area contributed by atoms with E-state index in [1.54, 1.807) is 18.3 Å². The van der Waals surface area contributed by atoms with E-state index >= 15 is 0 Å². The molecule has 0 spiro atoms. The molecule has 0 aromatic carbocycles. The fourth-order valence-electron chi connectivity index (χ4n) is 2.38. The van der Waals surface area contributed by atoms with Crippen molar-refractivity contribution >= 4 is 10.0 Å². The predicted molar refractivity (Wildman–Crippen MR) is 82.5 cm³/mol. The van der Waals surface area contributed by atoms with E-state index in [-0.39, 0.29) is 10.8 Å². The van der Waals surface area contributed by atoms with Crippen LogP contribution in [0, 0.1) is 5.92 Å². The van der Waals surface area contributed by atoms with Gasteiger partial charge in [-0.2, -0.15) is 0 Å². The first-order valence-corrected chi connectivity index (χ1v) is 8.76. The number of sulfonamides is 1. The van der Waals surface area contributed by atoms with E-state index in [0.29, 0.717) is 6.54 Å². The lowest BCUT2D eigenvalue weighted by molar-refractivity contribution is 0.139. The average molecular weight is 312 g/mol. The Morgan fingerprint density at radius 1 is 1.33 bits per heavy atom. The Kier molecular flexibility index (Phi) is 5.69. The number of likely N-dealkylation sites (N-methyl/N-ethyl adjacent to an activating group) is 1. The second kappa shape index (κ2) is 7.31. The Hall–Kier alpha value is -1.02. The third-order valence-corrected chi connectivity index (χ3v) is 5.14. The maximum Gasteiger partial charge on any atom is 0.242 e. The normalized spacial score (nSPS) is 19.5. The number of nitrogens with one attached hydrogen (secondary N) is 1. The van der Waals surface area contributed by atoms with Gasteiger partial charge in [0.25, 0.3) is 0 Å². The lowest BCUT2D eigenvalue weighted by atomic mass is 10.1. The molecule has 1 saturated heterocycles. The van der Waals surface area contributed by atoms with Gasteiger partial charge in [0.2, 0.25) is 10.0 Å². The first-order chi connectivity index (χ1) is 9.97. The van der Waals surface area contributed by atoms with E-state index in [1.807, 2.05) is 0 Å². The summed E-state index contributed by atoms with van der Waals surface area (Å²) in [6, 6.07) is 3.18. The summed E-state index contributed by atoms with van der Waals surface area (Å²) < 4.78 is 26.9. The summed E-state index contributed by atoms with van der Waals surface area (Å²) in [5, 5.41) is 0. The highest BCUT2D eigenvalue weighted by molar-refractivity contribution is 7.89. The summed E-state index contributed by atoms with van der Waals surface area (Å²) in [6.07, 6.45) is 2.93. The van der Waals surface area contributed by atoms with Gasteiger partial charge in [-0.15, -0.1) is 0 Å². The van der Waals surface area contributed by atoms with Crippen molar-refractivity contribution in [1.29, 1.82) is 0 Å². The third kappa shape index (κ3) is 5.03. The molecule has 1 atom stereocenters. The van der Waals surface area contributed by atoms with Crippen molar-refractivity contribution in [2.24, 2.45) is 5.92 Å². The maximum absolute atomic E-state index is 12.1. The second-order valence-electron chi connectivity index (χ2n) is 5.75. The largest absolute Gasteiger partial charge is 0.304 e. The molecule has 0 saturated carbocycles. The standard InChI is InChI=1S/C14H24N4O2S/c1-13(12-18-8-6-17(2)7-9-18)10-16-21(19,20)14-4-3-5-15-11-14/h3-5,11,13,16H,6-10,12H2,1-2H3/t13-/m1/s1. The zero-order valence-electron chi connectivity index (χ0n) is 12.7. The van der Waals surface area contributed by atoms with Gasteiger partial charge in [0, 0.05) is 51.7 Å². The summed E-state index contributed by atoms with van der Waals surface area (Å²) >= 11 is 0. The first kappa shape index (κ1) is 16.4. The van der Waals surface area contributed by atoms with E-state index in [0.717, 1.165) is 32.7 Å². The fourth-order valence-corrected chi connectivity index (χ4v) is 3.51. The molecule has 0 amide bonds. The summed E-state index contributed by atoms with van der Waals surface area (Å²) in [7, 11) is -1.32. The molecule has 0 radical (unpaired) electrons. The van der Waals surface area contributed by atoms with Crippen molar-refractivity contribution in [3.8, 4) is 0 Å². The van der Waals surface area contributed by atoms with Crippen LogP contribution in [0.4, 0.5) is 0 Å². The van der Waals surface area contributed by atoms with Gasteiger partial charge in [-0.05, 0) is 25.1 Å². The van der Waals surface area contributed by atoms with E-state index in [4.69, 9.17) is 0 Å². The molecule has 1 aliphatic heterocycles. The number of piperazine rings is 1. The van der Waals surface area contributed by atoms with Gasteiger partial charge >= 0.3 is 0 Å². The highest BCUT2D eigenvalue weighted by atomic mass is 32.2. The van der Waals surface area contributed by atoms with Crippen molar-refractivity contribution < 1.29 is 8.42 Å². The quantitative estimate of drug-likeness (QED) is 0.815. The second-order valence-corrected chi connectivity index (χ2v) is 7.52. The van der Waals surface area contributed by atoms with Gasteiger partial charge < -0.3 is 9.80 Å². The molecule has 2 heterocycles. The van der Waals surface area contributed by atoms with Crippen LogP contribution >= 0.6 is 0 Å². The van der Waals surface area contributed by atoms with Gasteiger partial charge in [-0.3, -0.25) is 4.98 Å². The molecular formula is C14H24N4O2S. The smallest absolute Gasteiger partial charge is 0.242 e. The minimum absolute atomic E-state index is 0.219. The number of hydrogen-bond acceptors (Lipinski definition) is 5. The molecule has 1 aliphatic rings. The molecule has 1 fully saturated rings. The maximum atomic E-state index is 12.1. The molecular weight excluding hydrogens is 288 g/mol. The Morgan fingerprint density at radius 2 is 2.05 bits per heavy atom. The summed E-state index contributed by atoms with van der Waals surface area (Å²) in [5.41, 5.74) is 0. The molecule has 21 heavy (non-hydrogen) atoms. The topological polar surface area (TPSA) is 65.5 Å². The molecule has 0 aliphatic carbocycles. The summed E-state index contributed by atoms with van der Waals surface area (Å²) in [6.45, 7) is 7.70. The SMILES string of the molecule is C[C@H](CNS(=O)(=O)c1cccnc1)CN1CCN(C)CC1. The van der Waals surface area contributed by atoms with Gasteiger partial charge in [-0.25, -0.2) is 13.1 Å². The molecule has 1 N–H and O–H groups in total. The van der Waals surface area contributed by atoms with Crippen molar-refractivity contribution in [3.63, 3.8) is 0 Å². The van der Waals surface area contributed by atoms with E-state index in [1.165, 1.54) is 6.20 Å². The summed E-state index contributed by atoms with van der Waals surface area (Å²) in [4.78, 5) is 8.77. The predicted octanol–water partition coefficient (Wildman–Crippen LogP) is 0.243. The van der Waals surface area contributed by atoms with Crippen molar-refractivity contribution in [2.75, 3.05) is 46.3 Å². The number of nitrogens with zero attached hydrogens (tertiary/aromatic N) is 3. The Bertz CT molecular complexity index is 527. The zero-order valence-corrected chi connectivity index (χ0v) is 13.5. The molecule has 0 unspecified atom stereocenters. The van der Waals surface area contributed by atoms with Crippen LogP contribution in [0.1, 0.15) is 6.92 Å². The van der Waals surface area contributed by atoms with Gasteiger partial charge in [0.1, 0.15) is 4.90 Å². The third-order valence-electron chi connectivity index (χ3n) is 3.73. The molecule has 118 valence electrons. The van der Waals surface area contributed by atoms with Crippen molar-refractivity contribution in [1.82, 2.24) is 19.5 Å². The van der Waals surface area contributed by atoms with Crippen LogP contribution in [0.2, 0.25) is 0 Å².